The minimum Gasteiger partial charge on any atom is -0.493 e. The molecule has 0 atom stereocenters. The minimum absolute atomic E-state index is 0.520. The van der Waals surface area contributed by atoms with Gasteiger partial charge in [-0.25, -0.2) is 4.98 Å². The molecule has 2 heterocycles. The van der Waals surface area contributed by atoms with Crippen LogP contribution in [0.1, 0.15) is 0 Å². The summed E-state index contributed by atoms with van der Waals surface area (Å²) < 4.78 is 18.2. The molecule has 0 radical (unpaired) electrons. The normalized spacial score (nSPS) is 10.9. The molecule has 0 saturated carbocycles. The number of aromatic nitrogens is 4. The first-order chi connectivity index (χ1) is 11.8. The summed E-state index contributed by atoms with van der Waals surface area (Å²) in [4.78, 5) is 4.57. The van der Waals surface area contributed by atoms with Crippen molar-refractivity contribution < 1.29 is 13.9 Å². The molecular formula is C17H14N4O3. The van der Waals surface area contributed by atoms with E-state index in [1.54, 1.807) is 26.9 Å². The number of hydrogen-bond acceptors (Lipinski definition) is 6. The van der Waals surface area contributed by atoms with Crippen molar-refractivity contribution in [1.82, 2.24) is 19.7 Å². The summed E-state index contributed by atoms with van der Waals surface area (Å²) in [5.41, 5.74) is 3.19. The van der Waals surface area contributed by atoms with Crippen molar-refractivity contribution in [3.05, 3.63) is 49.1 Å². The zero-order chi connectivity index (χ0) is 16.5. The molecule has 7 heteroatoms. The average Bonchev–Trinajstić information content (AvgIpc) is 3.29. The lowest BCUT2D eigenvalue weighted by Gasteiger charge is -2.07. The fourth-order valence-electron chi connectivity index (χ4n) is 2.50. The highest BCUT2D eigenvalue weighted by Gasteiger charge is 2.12. The van der Waals surface area contributed by atoms with Crippen LogP contribution in [0, 0.1) is 0 Å². The van der Waals surface area contributed by atoms with Crippen molar-refractivity contribution in [1.29, 1.82) is 0 Å². The summed E-state index contributed by atoms with van der Waals surface area (Å²) in [6.45, 7) is 0. The van der Waals surface area contributed by atoms with Gasteiger partial charge in [0.2, 0.25) is 5.89 Å². The molecule has 24 heavy (non-hydrogen) atoms. The molecule has 2 aromatic carbocycles. The van der Waals surface area contributed by atoms with E-state index in [4.69, 9.17) is 13.9 Å². The van der Waals surface area contributed by atoms with Crippen LogP contribution in [0.15, 0.2) is 53.5 Å². The van der Waals surface area contributed by atoms with Crippen LogP contribution >= 0.6 is 0 Å². The van der Waals surface area contributed by atoms with Crippen molar-refractivity contribution in [2.45, 2.75) is 0 Å². The van der Waals surface area contributed by atoms with Crippen LogP contribution in [0.5, 0.6) is 11.5 Å². The Balaban J connectivity index is 1.78. The third-order valence-electron chi connectivity index (χ3n) is 3.72. The second-order valence-electron chi connectivity index (χ2n) is 5.11. The van der Waals surface area contributed by atoms with Crippen LogP contribution < -0.4 is 9.47 Å². The second kappa shape index (κ2) is 5.69. The van der Waals surface area contributed by atoms with Gasteiger partial charge < -0.3 is 13.9 Å². The Morgan fingerprint density at radius 1 is 0.917 bits per heavy atom. The number of fused-ring (bicyclic) bond motifs is 1. The molecule has 0 saturated heterocycles. The number of ether oxygens (including phenoxy) is 2. The zero-order valence-electron chi connectivity index (χ0n) is 13.1. The van der Waals surface area contributed by atoms with Gasteiger partial charge in [0.1, 0.15) is 18.2 Å². The summed E-state index contributed by atoms with van der Waals surface area (Å²) in [7, 11) is 3.20. The fraction of sp³-hybridized carbons (Fsp3) is 0.118. The van der Waals surface area contributed by atoms with E-state index in [1.807, 2.05) is 41.0 Å². The molecule has 4 aromatic rings. The Bertz CT molecular complexity index is 992. The molecular weight excluding hydrogens is 308 g/mol. The van der Waals surface area contributed by atoms with Crippen molar-refractivity contribution in [3.63, 3.8) is 0 Å². The van der Waals surface area contributed by atoms with Crippen LogP contribution in [0.4, 0.5) is 0 Å². The van der Waals surface area contributed by atoms with Gasteiger partial charge in [-0.2, -0.15) is 0 Å². The third kappa shape index (κ3) is 2.36. The molecule has 0 fully saturated rings. The Labute approximate surface area is 137 Å². The predicted molar refractivity (Wildman–Crippen MR) is 87.5 cm³/mol. The number of methoxy groups -OCH3 is 2. The number of oxazole rings is 1. The van der Waals surface area contributed by atoms with Gasteiger partial charge in [0, 0.05) is 5.56 Å². The summed E-state index contributed by atoms with van der Waals surface area (Å²) in [6, 6.07) is 11.3. The third-order valence-corrected chi connectivity index (χ3v) is 3.72. The maximum Gasteiger partial charge on any atom is 0.227 e. The Kier molecular flexibility index (Phi) is 3.38. The van der Waals surface area contributed by atoms with Gasteiger partial charge in [-0.3, -0.25) is 4.57 Å². The number of rotatable bonds is 4. The van der Waals surface area contributed by atoms with E-state index in [0.717, 1.165) is 16.8 Å². The largest absolute Gasteiger partial charge is 0.493 e. The molecule has 0 spiro atoms. The first-order valence-corrected chi connectivity index (χ1v) is 7.26. The number of benzene rings is 2. The first-order valence-electron chi connectivity index (χ1n) is 7.26. The van der Waals surface area contributed by atoms with E-state index >= 15 is 0 Å². The van der Waals surface area contributed by atoms with E-state index < -0.39 is 0 Å². The van der Waals surface area contributed by atoms with Gasteiger partial charge in [0.15, 0.2) is 17.1 Å². The van der Waals surface area contributed by atoms with Crippen LogP contribution in [-0.2, 0) is 0 Å². The maximum atomic E-state index is 5.85. The smallest absolute Gasteiger partial charge is 0.227 e. The molecule has 0 N–H and O–H groups in total. The highest BCUT2D eigenvalue weighted by Crippen LogP contribution is 2.33. The molecule has 0 amide bonds. The zero-order valence-corrected chi connectivity index (χ0v) is 13.1. The van der Waals surface area contributed by atoms with Gasteiger partial charge in [0.05, 0.1) is 19.9 Å². The van der Waals surface area contributed by atoms with E-state index in [9.17, 15) is 0 Å². The molecule has 120 valence electrons. The Morgan fingerprint density at radius 2 is 1.71 bits per heavy atom. The van der Waals surface area contributed by atoms with E-state index in [1.165, 1.54) is 0 Å². The van der Waals surface area contributed by atoms with Gasteiger partial charge in [0.25, 0.3) is 0 Å². The Hall–Kier alpha value is -3.35. The molecule has 4 rings (SSSR count). The summed E-state index contributed by atoms with van der Waals surface area (Å²) in [6.07, 6.45) is 3.27. The van der Waals surface area contributed by atoms with Crippen molar-refractivity contribution in [3.8, 4) is 28.6 Å². The molecule has 0 bridgehead atoms. The molecule has 7 nitrogen and oxygen atoms in total. The topological polar surface area (TPSA) is 75.2 Å². The van der Waals surface area contributed by atoms with Crippen LogP contribution in [0.25, 0.3) is 28.2 Å². The number of nitrogens with zero attached hydrogens (tertiary/aromatic N) is 4. The SMILES string of the molecule is COc1ccc(-c2nc3cc(-n4cnnc4)ccc3o2)cc1OC. The van der Waals surface area contributed by atoms with Crippen LogP contribution in [-0.4, -0.2) is 34.0 Å². The number of hydrogen-bond donors (Lipinski definition) is 0. The van der Waals surface area contributed by atoms with Gasteiger partial charge in [-0.05, 0) is 36.4 Å². The van der Waals surface area contributed by atoms with Gasteiger partial charge in [-0.1, -0.05) is 0 Å². The lowest BCUT2D eigenvalue weighted by molar-refractivity contribution is 0.355. The first kappa shape index (κ1) is 14.3. The lowest BCUT2D eigenvalue weighted by atomic mass is 10.2. The standard InChI is InChI=1S/C17H14N4O3/c1-22-15-5-3-11(7-16(15)23-2)17-20-13-8-12(4-6-14(13)24-17)21-9-18-19-10-21/h3-10H,1-2H3. The quantitative estimate of drug-likeness (QED) is 0.575. The molecule has 0 aliphatic carbocycles. The minimum atomic E-state index is 0.520. The van der Waals surface area contributed by atoms with Crippen molar-refractivity contribution in [2.24, 2.45) is 0 Å². The predicted octanol–water partition coefficient (Wildman–Crippen LogP) is 3.09. The van der Waals surface area contributed by atoms with Gasteiger partial charge >= 0.3 is 0 Å². The van der Waals surface area contributed by atoms with E-state index in [-0.39, 0.29) is 0 Å². The highest BCUT2D eigenvalue weighted by molar-refractivity contribution is 5.78. The van der Waals surface area contributed by atoms with Crippen LogP contribution in [0.3, 0.4) is 0 Å². The molecule has 0 aliphatic heterocycles. The molecule has 0 unspecified atom stereocenters. The molecule has 0 aliphatic rings. The van der Waals surface area contributed by atoms with Crippen molar-refractivity contribution in [2.75, 3.05) is 14.2 Å². The maximum absolute atomic E-state index is 5.85. The average molecular weight is 322 g/mol. The Morgan fingerprint density at radius 3 is 2.46 bits per heavy atom. The lowest BCUT2D eigenvalue weighted by Crippen LogP contribution is -1.90. The van der Waals surface area contributed by atoms with E-state index in [2.05, 4.69) is 15.2 Å². The van der Waals surface area contributed by atoms with Gasteiger partial charge in [-0.15, -0.1) is 10.2 Å². The van der Waals surface area contributed by atoms with Crippen molar-refractivity contribution >= 4 is 11.1 Å². The summed E-state index contributed by atoms with van der Waals surface area (Å²) in [5.74, 6) is 1.81. The molecule has 2 aromatic heterocycles. The summed E-state index contributed by atoms with van der Waals surface area (Å²) in [5, 5.41) is 7.62. The highest BCUT2D eigenvalue weighted by atomic mass is 16.5. The monoisotopic (exact) mass is 322 g/mol. The summed E-state index contributed by atoms with van der Waals surface area (Å²) >= 11 is 0. The van der Waals surface area contributed by atoms with Crippen LogP contribution in [0.2, 0.25) is 0 Å². The second-order valence-corrected chi connectivity index (χ2v) is 5.11. The van der Waals surface area contributed by atoms with E-state index in [0.29, 0.717) is 23.0 Å². The fourth-order valence-corrected chi connectivity index (χ4v) is 2.50.